The summed E-state index contributed by atoms with van der Waals surface area (Å²) in [6, 6.07) is 2.93. The van der Waals surface area contributed by atoms with Crippen molar-refractivity contribution in [3.05, 3.63) is 0 Å². The molecule has 3 nitrogen and oxygen atoms in total. The Balaban J connectivity index is 1.95. The fourth-order valence-corrected chi connectivity index (χ4v) is 4.14. The van der Waals surface area contributed by atoms with Gasteiger partial charge in [-0.25, -0.2) is 0 Å². The zero-order chi connectivity index (χ0) is 14.0. The third-order valence-corrected chi connectivity index (χ3v) is 5.19. The molecule has 3 heteroatoms. The smallest absolute Gasteiger partial charge is 0.0637 e. The van der Waals surface area contributed by atoms with Crippen molar-refractivity contribution in [2.45, 2.75) is 89.6 Å². The highest BCUT2D eigenvalue weighted by Gasteiger charge is 2.37. The lowest BCUT2D eigenvalue weighted by Gasteiger charge is -2.42. The molecule has 112 valence electrons. The van der Waals surface area contributed by atoms with Gasteiger partial charge in [0.05, 0.1) is 5.60 Å². The van der Waals surface area contributed by atoms with Crippen molar-refractivity contribution in [2.24, 2.45) is 0 Å². The molecule has 3 atom stereocenters. The maximum absolute atomic E-state index is 5.61. The molecule has 2 aliphatic heterocycles. The monoisotopic (exact) mass is 268 g/mol. The molecule has 2 bridgehead atoms. The first-order valence-electron chi connectivity index (χ1n) is 8.02. The number of hydrogen-bond acceptors (Lipinski definition) is 3. The second-order valence-corrected chi connectivity index (χ2v) is 7.11. The molecule has 0 aromatic rings. The molecule has 2 heterocycles. The predicted octanol–water partition coefficient (Wildman–Crippen LogP) is 2.79. The van der Waals surface area contributed by atoms with E-state index in [0.29, 0.717) is 6.04 Å². The minimum Gasteiger partial charge on any atom is -0.379 e. The summed E-state index contributed by atoms with van der Waals surface area (Å²) in [4.78, 5) is 2.72. The van der Waals surface area contributed by atoms with Crippen LogP contribution in [0, 0.1) is 0 Å². The summed E-state index contributed by atoms with van der Waals surface area (Å²) >= 11 is 0. The molecule has 0 aromatic carbocycles. The first-order chi connectivity index (χ1) is 8.95. The number of ether oxygens (including phenoxy) is 1. The van der Waals surface area contributed by atoms with Gasteiger partial charge in [0.25, 0.3) is 0 Å². The summed E-state index contributed by atoms with van der Waals surface area (Å²) in [5.74, 6) is 0. The predicted molar refractivity (Wildman–Crippen MR) is 80.5 cm³/mol. The van der Waals surface area contributed by atoms with Gasteiger partial charge < -0.3 is 10.1 Å². The van der Waals surface area contributed by atoms with Crippen LogP contribution < -0.4 is 5.32 Å². The number of rotatable bonds is 6. The molecule has 2 rings (SSSR count). The van der Waals surface area contributed by atoms with Gasteiger partial charge in [-0.1, -0.05) is 6.92 Å². The van der Waals surface area contributed by atoms with E-state index in [1.54, 1.807) is 0 Å². The first kappa shape index (κ1) is 15.3. The highest BCUT2D eigenvalue weighted by Crippen LogP contribution is 2.32. The molecule has 0 spiro atoms. The van der Waals surface area contributed by atoms with E-state index < -0.39 is 0 Å². The Morgan fingerprint density at radius 2 is 1.84 bits per heavy atom. The van der Waals surface area contributed by atoms with E-state index in [9.17, 15) is 0 Å². The number of hydrogen-bond donors (Lipinski definition) is 1. The standard InChI is InChI=1S/C16H32N2O/c1-6-18(12(2)11-16(3,4)19-5)15-9-13-7-8-14(10-15)17-13/h12-15,17H,6-11H2,1-5H3. The Kier molecular flexibility index (Phi) is 4.91. The second kappa shape index (κ2) is 6.11. The van der Waals surface area contributed by atoms with Gasteiger partial charge in [-0.3, -0.25) is 4.90 Å². The minimum absolute atomic E-state index is 0.0151. The highest BCUT2D eigenvalue weighted by molar-refractivity contribution is 4.96. The lowest BCUT2D eigenvalue weighted by Crippen LogP contribution is -2.52. The first-order valence-corrected chi connectivity index (χ1v) is 8.02. The molecule has 19 heavy (non-hydrogen) atoms. The quantitative estimate of drug-likeness (QED) is 0.801. The van der Waals surface area contributed by atoms with Crippen molar-refractivity contribution in [3.63, 3.8) is 0 Å². The second-order valence-electron chi connectivity index (χ2n) is 7.11. The van der Waals surface area contributed by atoms with E-state index in [1.165, 1.54) is 25.7 Å². The summed E-state index contributed by atoms with van der Waals surface area (Å²) in [7, 11) is 1.83. The molecule has 2 saturated heterocycles. The molecule has 0 saturated carbocycles. The normalized spacial score (nSPS) is 32.8. The van der Waals surface area contributed by atoms with Crippen molar-refractivity contribution < 1.29 is 4.74 Å². The SMILES string of the molecule is CCN(C(C)CC(C)(C)OC)C1CC2CCC(C1)N2. The highest BCUT2D eigenvalue weighted by atomic mass is 16.5. The van der Waals surface area contributed by atoms with E-state index >= 15 is 0 Å². The average Bonchev–Trinajstić information content (AvgIpc) is 2.69. The van der Waals surface area contributed by atoms with Gasteiger partial charge in [-0.05, 0) is 59.4 Å². The van der Waals surface area contributed by atoms with Gasteiger partial charge in [0.1, 0.15) is 0 Å². The molecule has 0 radical (unpaired) electrons. The average molecular weight is 268 g/mol. The molecule has 0 aliphatic carbocycles. The summed E-state index contributed by atoms with van der Waals surface area (Å²) in [5.41, 5.74) is -0.0151. The van der Waals surface area contributed by atoms with Crippen LogP contribution in [0.15, 0.2) is 0 Å². The number of methoxy groups -OCH3 is 1. The van der Waals surface area contributed by atoms with Gasteiger partial charge in [0.2, 0.25) is 0 Å². The van der Waals surface area contributed by atoms with Crippen LogP contribution in [-0.2, 0) is 4.74 Å². The summed E-state index contributed by atoms with van der Waals surface area (Å²) in [6.07, 6.45) is 6.55. The van der Waals surface area contributed by atoms with Crippen LogP contribution in [0.1, 0.15) is 59.8 Å². The largest absolute Gasteiger partial charge is 0.379 e. The van der Waals surface area contributed by atoms with E-state index in [1.807, 2.05) is 7.11 Å². The molecule has 2 aliphatic rings. The number of nitrogens with zero attached hydrogens (tertiary/aromatic N) is 1. The van der Waals surface area contributed by atoms with E-state index in [-0.39, 0.29) is 5.60 Å². The zero-order valence-electron chi connectivity index (χ0n) is 13.4. The summed E-state index contributed by atoms with van der Waals surface area (Å²) in [5, 5.41) is 3.75. The Morgan fingerprint density at radius 3 is 2.32 bits per heavy atom. The van der Waals surface area contributed by atoms with Gasteiger partial charge in [-0.2, -0.15) is 0 Å². The van der Waals surface area contributed by atoms with Crippen LogP contribution in [0.3, 0.4) is 0 Å². The van der Waals surface area contributed by atoms with Crippen LogP contribution in [0.5, 0.6) is 0 Å². The van der Waals surface area contributed by atoms with Gasteiger partial charge in [0, 0.05) is 31.3 Å². The minimum atomic E-state index is -0.0151. The topological polar surface area (TPSA) is 24.5 Å². The lowest BCUT2D eigenvalue weighted by atomic mass is 9.93. The van der Waals surface area contributed by atoms with Crippen LogP contribution in [0.25, 0.3) is 0 Å². The fraction of sp³-hybridized carbons (Fsp3) is 1.00. The zero-order valence-corrected chi connectivity index (χ0v) is 13.4. The molecule has 3 unspecified atom stereocenters. The number of nitrogens with one attached hydrogen (secondary N) is 1. The number of piperidine rings is 1. The molecule has 2 fully saturated rings. The Morgan fingerprint density at radius 1 is 1.26 bits per heavy atom. The molecular weight excluding hydrogens is 236 g/mol. The van der Waals surface area contributed by atoms with Crippen LogP contribution in [0.2, 0.25) is 0 Å². The lowest BCUT2D eigenvalue weighted by molar-refractivity contribution is -0.0152. The van der Waals surface area contributed by atoms with E-state index in [2.05, 4.69) is 37.9 Å². The number of fused-ring (bicyclic) bond motifs is 2. The molecular formula is C16H32N2O. The Labute approximate surface area is 119 Å². The van der Waals surface area contributed by atoms with Crippen LogP contribution in [0.4, 0.5) is 0 Å². The third-order valence-electron chi connectivity index (χ3n) is 5.19. The molecule has 1 N–H and O–H groups in total. The molecule has 0 amide bonds. The van der Waals surface area contributed by atoms with Crippen molar-refractivity contribution in [3.8, 4) is 0 Å². The molecule has 0 aromatic heterocycles. The van der Waals surface area contributed by atoms with Gasteiger partial charge in [0.15, 0.2) is 0 Å². The fourth-order valence-electron chi connectivity index (χ4n) is 4.14. The summed E-state index contributed by atoms with van der Waals surface area (Å²) in [6.45, 7) is 10.2. The maximum Gasteiger partial charge on any atom is 0.0637 e. The van der Waals surface area contributed by atoms with Crippen molar-refractivity contribution in [1.29, 1.82) is 0 Å². The maximum atomic E-state index is 5.61. The van der Waals surface area contributed by atoms with E-state index in [4.69, 9.17) is 4.74 Å². The van der Waals surface area contributed by atoms with Gasteiger partial charge >= 0.3 is 0 Å². The van der Waals surface area contributed by atoms with Crippen LogP contribution in [-0.4, -0.2) is 48.3 Å². The van der Waals surface area contributed by atoms with Gasteiger partial charge in [-0.15, -0.1) is 0 Å². The third kappa shape index (κ3) is 3.71. The van der Waals surface area contributed by atoms with Crippen molar-refractivity contribution in [2.75, 3.05) is 13.7 Å². The van der Waals surface area contributed by atoms with Crippen molar-refractivity contribution in [1.82, 2.24) is 10.2 Å². The van der Waals surface area contributed by atoms with E-state index in [0.717, 1.165) is 31.1 Å². The van der Waals surface area contributed by atoms with Crippen molar-refractivity contribution >= 4 is 0 Å². The van der Waals surface area contributed by atoms with Crippen LogP contribution >= 0.6 is 0 Å². The summed E-state index contributed by atoms with van der Waals surface area (Å²) < 4.78 is 5.61. The Hall–Kier alpha value is -0.120. The Bertz CT molecular complexity index is 280.